The van der Waals surface area contributed by atoms with Crippen LogP contribution in [-0.4, -0.2) is 45.0 Å². The molecule has 1 fully saturated rings. The second kappa shape index (κ2) is 7.47. The van der Waals surface area contributed by atoms with Crippen molar-refractivity contribution in [2.75, 3.05) is 13.7 Å². The van der Waals surface area contributed by atoms with E-state index in [-0.39, 0.29) is 24.6 Å². The molecular weight excluding hydrogens is 338 g/mol. The third kappa shape index (κ3) is 4.23. The van der Waals surface area contributed by atoms with Crippen molar-refractivity contribution < 1.29 is 24.5 Å². The molecule has 1 aliphatic heterocycles. The number of aliphatic carboxylic acids is 1. The molecule has 8 heteroatoms. The van der Waals surface area contributed by atoms with Gasteiger partial charge in [0.25, 0.3) is 5.91 Å². The number of hydrogen-bond donors (Lipinski definition) is 2. The van der Waals surface area contributed by atoms with Crippen LogP contribution in [0.5, 0.6) is 11.5 Å². The predicted molar refractivity (Wildman–Crippen MR) is 91.4 cm³/mol. The average Bonchev–Trinajstić information content (AvgIpc) is 2.76. The molecule has 1 amide bonds. The molecule has 1 aliphatic rings. The first-order valence-electron chi connectivity index (χ1n) is 6.76. The highest BCUT2D eigenvalue weighted by Gasteiger charge is 2.31. The molecule has 1 heterocycles. The molecule has 1 aromatic rings. The minimum Gasteiger partial charge on any atom is -0.504 e. The summed E-state index contributed by atoms with van der Waals surface area (Å²) in [4.78, 5) is 24.7. The van der Waals surface area contributed by atoms with Crippen molar-refractivity contribution >= 4 is 46.3 Å². The largest absolute Gasteiger partial charge is 0.504 e. The molecule has 2 rings (SSSR count). The van der Waals surface area contributed by atoms with Crippen molar-refractivity contribution in [1.82, 2.24) is 4.90 Å². The number of phenolic OH excluding ortho intramolecular Hbond substituents is 1. The Morgan fingerprint density at radius 2 is 2.22 bits per heavy atom. The van der Waals surface area contributed by atoms with Crippen molar-refractivity contribution in [3.8, 4) is 11.5 Å². The van der Waals surface area contributed by atoms with Gasteiger partial charge in [-0.1, -0.05) is 30.0 Å². The number of benzene rings is 1. The molecule has 0 aliphatic carbocycles. The predicted octanol–water partition coefficient (Wildman–Crippen LogP) is 2.47. The molecule has 2 N–H and O–H groups in total. The van der Waals surface area contributed by atoms with Gasteiger partial charge in [0, 0.05) is 13.0 Å². The maximum absolute atomic E-state index is 12.3. The fourth-order valence-electron chi connectivity index (χ4n) is 2.02. The summed E-state index contributed by atoms with van der Waals surface area (Å²) in [7, 11) is 1.45. The van der Waals surface area contributed by atoms with E-state index in [0.717, 1.165) is 0 Å². The lowest BCUT2D eigenvalue weighted by atomic mass is 10.2. The zero-order valence-electron chi connectivity index (χ0n) is 12.3. The normalized spacial score (nSPS) is 16.2. The van der Waals surface area contributed by atoms with Crippen LogP contribution >= 0.6 is 24.0 Å². The Hall–Kier alpha value is -2.06. The number of aromatic hydroxyl groups is 1. The molecule has 0 atom stereocenters. The molecule has 0 spiro atoms. The molecule has 0 saturated carbocycles. The zero-order valence-corrected chi connectivity index (χ0v) is 13.9. The molecule has 0 aromatic heterocycles. The van der Waals surface area contributed by atoms with Crippen molar-refractivity contribution in [2.24, 2.45) is 0 Å². The van der Waals surface area contributed by atoms with Crippen LogP contribution in [0.3, 0.4) is 0 Å². The molecule has 6 nitrogen and oxygen atoms in total. The monoisotopic (exact) mass is 353 g/mol. The molecule has 122 valence electrons. The third-order valence-electron chi connectivity index (χ3n) is 3.15. The number of phenols is 1. The van der Waals surface area contributed by atoms with Crippen LogP contribution in [0.15, 0.2) is 23.1 Å². The Labute approximate surface area is 142 Å². The SMILES string of the molecule is COc1cc(/C=C2/SC(=S)N(CCCC(=O)O)C2=O)ccc1O. The first-order chi connectivity index (χ1) is 10.9. The smallest absolute Gasteiger partial charge is 0.303 e. The van der Waals surface area contributed by atoms with Gasteiger partial charge in [0.15, 0.2) is 11.5 Å². The summed E-state index contributed by atoms with van der Waals surface area (Å²) in [6, 6.07) is 4.76. The van der Waals surface area contributed by atoms with Crippen LogP contribution in [0.1, 0.15) is 18.4 Å². The van der Waals surface area contributed by atoms with Crippen molar-refractivity contribution in [2.45, 2.75) is 12.8 Å². The number of amides is 1. The Morgan fingerprint density at radius 1 is 1.48 bits per heavy atom. The highest BCUT2D eigenvalue weighted by molar-refractivity contribution is 8.26. The number of thiocarbonyl (C=S) groups is 1. The van der Waals surface area contributed by atoms with Gasteiger partial charge in [0.05, 0.1) is 12.0 Å². The molecule has 1 saturated heterocycles. The molecule has 23 heavy (non-hydrogen) atoms. The lowest BCUT2D eigenvalue weighted by Gasteiger charge is -2.13. The Kier molecular flexibility index (Phi) is 5.62. The number of carbonyl (C=O) groups is 2. The van der Waals surface area contributed by atoms with Gasteiger partial charge in [-0.05, 0) is 30.2 Å². The van der Waals surface area contributed by atoms with Gasteiger partial charge in [0.1, 0.15) is 4.32 Å². The van der Waals surface area contributed by atoms with E-state index in [9.17, 15) is 14.7 Å². The molecule has 0 radical (unpaired) electrons. The van der Waals surface area contributed by atoms with Gasteiger partial charge in [-0.15, -0.1) is 0 Å². The van der Waals surface area contributed by atoms with Crippen LogP contribution in [0.25, 0.3) is 6.08 Å². The number of carboxylic acids is 1. The average molecular weight is 353 g/mol. The first kappa shape index (κ1) is 17.3. The molecule has 0 bridgehead atoms. The summed E-state index contributed by atoms with van der Waals surface area (Å²) in [5.74, 6) is -0.804. The summed E-state index contributed by atoms with van der Waals surface area (Å²) in [6.45, 7) is 0.285. The van der Waals surface area contributed by atoms with Gasteiger partial charge in [-0.3, -0.25) is 14.5 Å². The lowest BCUT2D eigenvalue weighted by Crippen LogP contribution is -2.29. The highest BCUT2D eigenvalue weighted by atomic mass is 32.2. The van der Waals surface area contributed by atoms with Gasteiger partial charge in [0.2, 0.25) is 0 Å². The van der Waals surface area contributed by atoms with Crippen molar-refractivity contribution in [3.63, 3.8) is 0 Å². The molecule has 0 unspecified atom stereocenters. The van der Waals surface area contributed by atoms with E-state index < -0.39 is 5.97 Å². The number of ether oxygens (including phenoxy) is 1. The summed E-state index contributed by atoms with van der Waals surface area (Å²) >= 11 is 6.35. The third-order valence-corrected chi connectivity index (χ3v) is 4.53. The second-order valence-corrected chi connectivity index (χ2v) is 6.44. The van der Waals surface area contributed by atoms with Crippen LogP contribution in [0.2, 0.25) is 0 Å². The number of carbonyl (C=O) groups excluding carboxylic acids is 1. The van der Waals surface area contributed by atoms with E-state index in [1.165, 1.54) is 29.8 Å². The number of carboxylic acid groups (broad SMARTS) is 1. The quantitative estimate of drug-likeness (QED) is 0.600. The topological polar surface area (TPSA) is 87.1 Å². The standard InChI is InChI=1S/C15H15NO5S2/c1-21-11-7-9(4-5-10(11)17)8-12-14(20)16(15(22)23-12)6-2-3-13(18)19/h4-5,7-8,17H,2-3,6H2,1H3,(H,18,19)/b12-8+. The highest BCUT2D eigenvalue weighted by Crippen LogP contribution is 2.34. The van der Waals surface area contributed by atoms with Crippen LogP contribution in [0, 0.1) is 0 Å². The van der Waals surface area contributed by atoms with Crippen LogP contribution < -0.4 is 4.74 Å². The zero-order chi connectivity index (χ0) is 17.0. The van der Waals surface area contributed by atoms with Crippen molar-refractivity contribution in [3.05, 3.63) is 28.7 Å². The Bertz CT molecular complexity index is 686. The van der Waals surface area contributed by atoms with E-state index in [1.807, 2.05) is 0 Å². The van der Waals surface area contributed by atoms with E-state index in [4.69, 9.17) is 22.1 Å². The van der Waals surface area contributed by atoms with Gasteiger partial charge in [-0.2, -0.15) is 0 Å². The number of nitrogens with zero attached hydrogens (tertiary/aromatic N) is 1. The van der Waals surface area contributed by atoms with E-state index in [0.29, 0.717) is 27.0 Å². The number of hydrogen-bond acceptors (Lipinski definition) is 6. The van der Waals surface area contributed by atoms with Crippen molar-refractivity contribution in [1.29, 1.82) is 0 Å². The number of rotatable bonds is 6. The van der Waals surface area contributed by atoms with Crippen LogP contribution in [-0.2, 0) is 9.59 Å². The first-order valence-corrected chi connectivity index (χ1v) is 7.99. The van der Waals surface area contributed by atoms with Gasteiger partial charge >= 0.3 is 5.97 Å². The minimum atomic E-state index is -0.901. The van der Waals surface area contributed by atoms with Crippen LogP contribution in [0.4, 0.5) is 0 Å². The summed E-state index contributed by atoms with van der Waals surface area (Å²) in [6.07, 6.45) is 2.01. The summed E-state index contributed by atoms with van der Waals surface area (Å²) in [5.41, 5.74) is 0.700. The summed E-state index contributed by atoms with van der Waals surface area (Å²) in [5, 5.41) is 18.2. The number of methoxy groups -OCH3 is 1. The summed E-state index contributed by atoms with van der Waals surface area (Å²) < 4.78 is 5.45. The number of thioether (sulfide) groups is 1. The van der Waals surface area contributed by atoms with E-state index in [1.54, 1.807) is 18.2 Å². The lowest BCUT2D eigenvalue weighted by molar-refractivity contribution is -0.137. The maximum Gasteiger partial charge on any atom is 0.303 e. The Morgan fingerprint density at radius 3 is 2.87 bits per heavy atom. The maximum atomic E-state index is 12.3. The van der Waals surface area contributed by atoms with E-state index in [2.05, 4.69) is 0 Å². The molecular formula is C15H15NO5S2. The fraction of sp³-hybridized carbons (Fsp3) is 0.267. The molecule has 1 aromatic carbocycles. The minimum absolute atomic E-state index is 0.00866. The van der Waals surface area contributed by atoms with Gasteiger partial charge in [-0.25, -0.2) is 0 Å². The van der Waals surface area contributed by atoms with E-state index >= 15 is 0 Å². The second-order valence-electron chi connectivity index (χ2n) is 4.76. The van der Waals surface area contributed by atoms with Gasteiger partial charge < -0.3 is 14.9 Å². The Balaban J connectivity index is 2.13. The fourth-order valence-corrected chi connectivity index (χ4v) is 3.33.